The van der Waals surface area contributed by atoms with Crippen LogP contribution in [0.4, 0.5) is 5.69 Å². The summed E-state index contributed by atoms with van der Waals surface area (Å²) in [7, 11) is 0. The number of fused-ring (bicyclic) bond motifs is 2. The Morgan fingerprint density at radius 2 is 2.26 bits per heavy atom. The van der Waals surface area contributed by atoms with Gasteiger partial charge in [-0.25, -0.2) is 4.98 Å². The predicted molar refractivity (Wildman–Crippen MR) is 95.1 cm³/mol. The number of hydrogen-bond donors (Lipinski definition) is 2. The first-order chi connectivity index (χ1) is 11.2. The van der Waals surface area contributed by atoms with Gasteiger partial charge in [0.2, 0.25) is 5.91 Å². The topological polar surface area (TPSA) is 54.0 Å². The Morgan fingerprint density at radius 3 is 3.17 bits per heavy atom. The fraction of sp³-hybridized carbons (Fsp3) is 0.529. The number of hydrogen-bond acceptors (Lipinski definition) is 4. The largest absolute Gasteiger partial charge is 0.384 e. The number of anilines is 1. The molecule has 6 heteroatoms. The monoisotopic (exact) mass is 349 g/mol. The predicted octanol–water partition coefficient (Wildman–Crippen LogP) is 3.62. The molecule has 1 aromatic heterocycles. The van der Waals surface area contributed by atoms with Gasteiger partial charge in [-0.2, -0.15) is 0 Å². The van der Waals surface area contributed by atoms with Crippen molar-refractivity contribution in [1.29, 1.82) is 0 Å². The van der Waals surface area contributed by atoms with Crippen molar-refractivity contribution in [3.05, 3.63) is 23.7 Å². The molecule has 1 aliphatic carbocycles. The molecule has 4 unspecified atom stereocenters. The fourth-order valence-corrected chi connectivity index (χ4v) is 4.88. The zero-order chi connectivity index (χ0) is 15.8. The van der Waals surface area contributed by atoms with Gasteiger partial charge in [0.05, 0.1) is 21.6 Å². The van der Waals surface area contributed by atoms with Crippen molar-refractivity contribution in [2.75, 3.05) is 11.9 Å². The van der Waals surface area contributed by atoms with Crippen molar-refractivity contribution in [3.63, 3.8) is 0 Å². The fourth-order valence-electron chi connectivity index (χ4n) is 3.81. The number of aromatic nitrogens is 1. The van der Waals surface area contributed by atoms with Crippen LogP contribution in [0.25, 0.3) is 10.2 Å². The van der Waals surface area contributed by atoms with E-state index >= 15 is 0 Å². The lowest BCUT2D eigenvalue weighted by Gasteiger charge is -2.41. The summed E-state index contributed by atoms with van der Waals surface area (Å²) >= 11 is 7.94. The third-order valence-corrected chi connectivity index (χ3v) is 6.28. The van der Waals surface area contributed by atoms with E-state index in [1.807, 2.05) is 17.6 Å². The van der Waals surface area contributed by atoms with E-state index in [1.165, 1.54) is 4.70 Å². The molecule has 1 aromatic carbocycles. The maximum Gasteiger partial charge on any atom is 0.225 e. The van der Waals surface area contributed by atoms with E-state index < -0.39 is 0 Å². The number of nitrogens with one attached hydrogen (secondary N) is 2. The van der Waals surface area contributed by atoms with E-state index in [-0.39, 0.29) is 17.2 Å². The van der Waals surface area contributed by atoms with Gasteiger partial charge < -0.3 is 10.6 Å². The van der Waals surface area contributed by atoms with Gasteiger partial charge in [-0.3, -0.25) is 4.79 Å². The summed E-state index contributed by atoms with van der Waals surface area (Å²) in [5.74, 6) is 0.737. The number of carbonyl (C=O) groups is 1. The molecule has 2 aromatic rings. The van der Waals surface area contributed by atoms with Crippen molar-refractivity contribution in [3.8, 4) is 0 Å². The standard InChI is InChI=1S/C17H20ClN3OS/c18-12-1-3-14-10(6-12)5-11(17(22)21-14)8-19-13-2-4-15-16(7-13)23-9-20-15/h2,4,7,9-12,14,19H,1,3,5-6,8H2,(H,21,22). The van der Waals surface area contributed by atoms with Crippen molar-refractivity contribution in [2.45, 2.75) is 37.1 Å². The van der Waals surface area contributed by atoms with Crippen LogP contribution >= 0.6 is 22.9 Å². The number of rotatable bonds is 3. The molecule has 4 rings (SSSR count). The minimum atomic E-state index is 0.0235. The Bertz CT molecular complexity index is 719. The zero-order valence-corrected chi connectivity index (χ0v) is 14.4. The number of carbonyl (C=O) groups excluding carboxylic acids is 1. The summed E-state index contributed by atoms with van der Waals surface area (Å²) in [6.45, 7) is 0.673. The molecule has 1 saturated heterocycles. The number of thiazole rings is 1. The van der Waals surface area contributed by atoms with Gasteiger partial charge >= 0.3 is 0 Å². The lowest BCUT2D eigenvalue weighted by Crippen LogP contribution is -2.53. The molecule has 1 saturated carbocycles. The molecule has 2 fully saturated rings. The highest BCUT2D eigenvalue weighted by Gasteiger charge is 2.38. The minimum absolute atomic E-state index is 0.0235. The summed E-state index contributed by atoms with van der Waals surface area (Å²) in [6.07, 6.45) is 4.00. The molecule has 2 heterocycles. The van der Waals surface area contributed by atoms with Crippen molar-refractivity contribution < 1.29 is 4.79 Å². The quantitative estimate of drug-likeness (QED) is 0.832. The molecular formula is C17H20ClN3OS. The third-order valence-electron chi connectivity index (χ3n) is 5.09. The third kappa shape index (κ3) is 3.17. The molecule has 1 aliphatic heterocycles. The average Bonchev–Trinajstić information content (AvgIpc) is 3.01. The summed E-state index contributed by atoms with van der Waals surface area (Å²) < 4.78 is 1.17. The Balaban J connectivity index is 1.40. The van der Waals surface area contributed by atoms with E-state index in [2.05, 4.69) is 21.7 Å². The molecule has 0 bridgehead atoms. The summed E-state index contributed by atoms with van der Waals surface area (Å²) in [4.78, 5) is 16.6. The molecule has 122 valence electrons. The van der Waals surface area contributed by atoms with Gasteiger partial charge in [0.1, 0.15) is 0 Å². The van der Waals surface area contributed by atoms with Crippen LogP contribution in [0, 0.1) is 11.8 Å². The first-order valence-corrected chi connectivity index (χ1v) is 9.52. The van der Waals surface area contributed by atoms with Gasteiger partial charge in [-0.05, 0) is 49.8 Å². The lowest BCUT2D eigenvalue weighted by atomic mass is 9.75. The summed E-state index contributed by atoms with van der Waals surface area (Å²) in [6, 6.07) is 6.49. The van der Waals surface area contributed by atoms with E-state index in [0.717, 1.165) is 36.9 Å². The average molecular weight is 350 g/mol. The second-order valence-corrected chi connectivity index (χ2v) is 8.14. The van der Waals surface area contributed by atoms with Crippen LogP contribution in [0.2, 0.25) is 0 Å². The van der Waals surface area contributed by atoms with E-state index in [9.17, 15) is 4.79 Å². The van der Waals surface area contributed by atoms with Gasteiger partial charge in [0, 0.05) is 23.7 Å². The minimum Gasteiger partial charge on any atom is -0.384 e. The van der Waals surface area contributed by atoms with E-state index in [1.54, 1.807) is 11.3 Å². The molecule has 1 amide bonds. The van der Waals surface area contributed by atoms with Gasteiger partial charge in [-0.15, -0.1) is 22.9 Å². The molecule has 0 spiro atoms. The Hall–Kier alpha value is -1.33. The maximum absolute atomic E-state index is 12.3. The van der Waals surface area contributed by atoms with Crippen LogP contribution in [-0.4, -0.2) is 28.9 Å². The number of amides is 1. The highest BCUT2D eigenvalue weighted by atomic mass is 35.5. The van der Waals surface area contributed by atoms with Crippen molar-refractivity contribution in [1.82, 2.24) is 10.3 Å². The van der Waals surface area contributed by atoms with E-state index in [0.29, 0.717) is 18.5 Å². The van der Waals surface area contributed by atoms with Crippen molar-refractivity contribution in [2.24, 2.45) is 11.8 Å². The molecule has 2 N–H and O–H groups in total. The molecule has 4 nitrogen and oxygen atoms in total. The van der Waals surface area contributed by atoms with Crippen LogP contribution < -0.4 is 10.6 Å². The Morgan fingerprint density at radius 1 is 1.35 bits per heavy atom. The second kappa shape index (κ2) is 6.29. The van der Waals surface area contributed by atoms with Gasteiger partial charge in [-0.1, -0.05) is 0 Å². The van der Waals surface area contributed by atoms with E-state index in [4.69, 9.17) is 11.6 Å². The number of alkyl halides is 1. The van der Waals surface area contributed by atoms with Gasteiger partial charge in [0.25, 0.3) is 0 Å². The Kier molecular flexibility index (Phi) is 4.16. The van der Waals surface area contributed by atoms with Crippen LogP contribution in [0.1, 0.15) is 25.7 Å². The normalized spacial score (nSPS) is 30.7. The zero-order valence-electron chi connectivity index (χ0n) is 12.8. The highest BCUT2D eigenvalue weighted by molar-refractivity contribution is 7.16. The smallest absolute Gasteiger partial charge is 0.225 e. The van der Waals surface area contributed by atoms with Crippen LogP contribution in [0.15, 0.2) is 23.7 Å². The van der Waals surface area contributed by atoms with Crippen molar-refractivity contribution >= 4 is 44.7 Å². The lowest BCUT2D eigenvalue weighted by molar-refractivity contribution is -0.129. The molecule has 23 heavy (non-hydrogen) atoms. The SMILES string of the molecule is O=C1NC2CCC(Cl)CC2CC1CNc1ccc2ncsc2c1. The maximum atomic E-state index is 12.3. The first-order valence-electron chi connectivity index (χ1n) is 8.20. The molecule has 2 aliphatic rings. The number of nitrogens with zero attached hydrogens (tertiary/aromatic N) is 1. The van der Waals surface area contributed by atoms with Crippen LogP contribution in [-0.2, 0) is 4.79 Å². The number of piperidine rings is 1. The van der Waals surface area contributed by atoms with Gasteiger partial charge in [0.15, 0.2) is 0 Å². The molecule has 4 atom stereocenters. The van der Waals surface area contributed by atoms with Crippen LogP contribution in [0.5, 0.6) is 0 Å². The highest BCUT2D eigenvalue weighted by Crippen LogP contribution is 2.35. The first kappa shape index (κ1) is 15.2. The molecule has 0 radical (unpaired) electrons. The second-order valence-electron chi connectivity index (χ2n) is 6.63. The number of benzene rings is 1. The molecular weight excluding hydrogens is 330 g/mol. The summed E-state index contributed by atoms with van der Waals surface area (Å²) in [5, 5.41) is 6.90. The summed E-state index contributed by atoms with van der Waals surface area (Å²) in [5.41, 5.74) is 3.93. The number of halogens is 1. The van der Waals surface area contributed by atoms with Crippen LogP contribution in [0.3, 0.4) is 0 Å². The Labute approximate surface area is 144 Å².